The van der Waals surface area contributed by atoms with E-state index in [1.165, 1.54) is 4.88 Å². The Kier molecular flexibility index (Phi) is 4.49. The Morgan fingerprint density at radius 1 is 1.21 bits per heavy atom. The number of hydrogen-bond acceptors (Lipinski definition) is 5. The van der Waals surface area contributed by atoms with E-state index in [0.717, 1.165) is 21.3 Å². The molecule has 3 aromatic rings. The molecule has 1 unspecified atom stereocenters. The molecule has 0 aliphatic rings. The molecule has 5 nitrogen and oxygen atoms in total. The number of carbonyl (C=O) groups is 1. The van der Waals surface area contributed by atoms with Crippen LogP contribution in [0.3, 0.4) is 0 Å². The van der Waals surface area contributed by atoms with E-state index >= 15 is 0 Å². The molecular weight excluding hydrogens is 322 g/mol. The first-order valence-corrected chi connectivity index (χ1v) is 8.55. The van der Waals surface area contributed by atoms with E-state index in [9.17, 15) is 9.90 Å². The van der Waals surface area contributed by atoms with Gasteiger partial charge in [0.15, 0.2) is 0 Å². The van der Waals surface area contributed by atoms with Gasteiger partial charge in [-0.15, -0.1) is 11.3 Å². The summed E-state index contributed by atoms with van der Waals surface area (Å²) in [6.07, 6.45) is 0.392. The Balaban J connectivity index is 1.98. The number of hydrogen-bond donors (Lipinski definition) is 2. The van der Waals surface area contributed by atoms with Crippen molar-refractivity contribution in [2.45, 2.75) is 33.2 Å². The number of benzene rings is 1. The summed E-state index contributed by atoms with van der Waals surface area (Å²) in [5, 5.41) is 13.6. The molecule has 0 amide bonds. The van der Waals surface area contributed by atoms with Crippen molar-refractivity contribution in [2.24, 2.45) is 0 Å². The van der Waals surface area contributed by atoms with Gasteiger partial charge < -0.3 is 10.4 Å². The van der Waals surface area contributed by atoms with Crippen molar-refractivity contribution in [3.05, 3.63) is 52.2 Å². The number of carboxylic acids is 1. The third-order valence-electron chi connectivity index (χ3n) is 4.03. The quantitative estimate of drug-likeness (QED) is 0.740. The fraction of sp³-hybridized carbons (Fsp3) is 0.278. The van der Waals surface area contributed by atoms with E-state index in [-0.39, 0.29) is 0 Å². The smallest absolute Gasteiger partial charge is 0.326 e. The summed E-state index contributed by atoms with van der Waals surface area (Å²) in [5.41, 5.74) is 2.07. The predicted molar refractivity (Wildman–Crippen MR) is 96.8 cm³/mol. The zero-order valence-electron chi connectivity index (χ0n) is 13.8. The summed E-state index contributed by atoms with van der Waals surface area (Å²) in [6.45, 7) is 5.88. The van der Waals surface area contributed by atoms with E-state index < -0.39 is 12.0 Å². The minimum atomic E-state index is -0.895. The highest BCUT2D eigenvalue weighted by atomic mass is 32.1. The highest BCUT2D eigenvalue weighted by Crippen LogP contribution is 2.33. The molecule has 2 aromatic heterocycles. The van der Waals surface area contributed by atoms with Crippen LogP contribution in [0.4, 0.5) is 5.82 Å². The van der Waals surface area contributed by atoms with Crippen molar-refractivity contribution in [3.8, 4) is 0 Å². The first-order chi connectivity index (χ1) is 11.5. The molecule has 0 radical (unpaired) electrons. The molecule has 0 bridgehead atoms. The maximum Gasteiger partial charge on any atom is 0.326 e. The molecule has 2 heterocycles. The molecule has 6 heteroatoms. The Hall–Kier alpha value is -2.47. The van der Waals surface area contributed by atoms with Gasteiger partial charge in [-0.25, -0.2) is 14.8 Å². The van der Waals surface area contributed by atoms with Gasteiger partial charge in [-0.3, -0.25) is 0 Å². The molecule has 3 rings (SSSR count). The van der Waals surface area contributed by atoms with Gasteiger partial charge in [-0.1, -0.05) is 30.3 Å². The van der Waals surface area contributed by atoms with E-state index in [0.29, 0.717) is 18.1 Å². The molecule has 0 aliphatic carbocycles. The number of nitrogens with one attached hydrogen (secondary N) is 1. The second-order valence-electron chi connectivity index (χ2n) is 5.81. The fourth-order valence-corrected chi connectivity index (χ4v) is 3.75. The van der Waals surface area contributed by atoms with Crippen molar-refractivity contribution in [3.63, 3.8) is 0 Å². The summed E-state index contributed by atoms with van der Waals surface area (Å²) in [7, 11) is 0. The number of fused-ring (bicyclic) bond motifs is 1. The van der Waals surface area contributed by atoms with Crippen LogP contribution >= 0.6 is 11.3 Å². The molecule has 0 saturated carbocycles. The number of anilines is 1. The number of nitrogens with zero attached hydrogens (tertiary/aromatic N) is 2. The first-order valence-electron chi connectivity index (χ1n) is 7.73. The Morgan fingerprint density at radius 3 is 2.58 bits per heavy atom. The molecule has 2 N–H and O–H groups in total. The summed E-state index contributed by atoms with van der Waals surface area (Å²) in [6, 6.07) is 8.85. The van der Waals surface area contributed by atoms with E-state index in [2.05, 4.69) is 15.3 Å². The maximum atomic E-state index is 11.7. The normalized spacial score (nSPS) is 12.3. The first kappa shape index (κ1) is 16.4. The second kappa shape index (κ2) is 6.57. The molecule has 1 aromatic carbocycles. The third-order valence-corrected chi connectivity index (χ3v) is 5.13. The van der Waals surface area contributed by atoms with Crippen LogP contribution < -0.4 is 5.32 Å². The maximum absolute atomic E-state index is 11.7. The largest absolute Gasteiger partial charge is 0.480 e. The molecule has 0 fully saturated rings. The third kappa shape index (κ3) is 3.23. The zero-order chi connectivity index (χ0) is 17.3. The van der Waals surface area contributed by atoms with E-state index in [1.54, 1.807) is 11.3 Å². The highest BCUT2D eigenvalue weighted by Gasteiger charge is 2.21. The molecule has 124 valence electrons. The van der Waals surface area contributed by atoms with Crippen LogP contribution in [0.15, 0.2) is 30.3 Å². The van der Waals surface area contributed by atoms with Gasteiger partial charge in [0.2, 0.25) is 0 Å². The number of rotatable bonds is 5. The van der Waals surface area contributed by atoms with E-state index in [4.69, 9.17) is 0 Å². The van der Waals surface area contributed by atoms with Crippen molar-refractivity contribution < 1.29 is 9.90 Å². The monoisotopic (exact) mass is 341 g/mol. The van der Waals surface area contributed by atoms with Gasteiger partial charge in [0.05, 0.1) is 5.39 Å². The number of aryl methyl sites for hydroxylation is 3. The topological polar surface area (TPSA) is 75.1 Å². The lowest BCUT2D eigenvalue weighted by Gasteiger charge is -2.16. The van der Waals surface area contributed by atoms with Crippen LogP contribution in [0.5, 0.6) is 0 Å². The van der Waals surface area contributed by atoms with Crippen LogP contribution in [0.2, 0.25) is 0 Å². The minimum absolute atomic E-state index is 0.392. The van der Waals surface area contributed by atoms with Gasteiger partial charge >= 0.3 is 5.97 Å². The lowest BCUT2D eigenvalue weighted by molar-refractivity contribution is -0.137. The number of aliphatic carboxylic acids is 1. The molecule has 0 spiro atoms. The lowest BCUT2D eigenvalue weighted by atomic mass is 10.1. The average Bonchev–Trinajstić information content (AvgIpc) is 2.82. The summed E-state index contributed by atoms with van der Waals surface area (Å²) >= 11 is 1.61. The molecular formula is C18H19N3O2S. The van der Waals surface area contributed by atoms with Crippen LogP contribution in [0, 0.1) is 20.8 Å². The number of carboxylic acid groups (broad SMARTS) is 1. The molecule has 24 heavy (non-hydrogen) atoms. The Bertz CT molecular complexity index is 890. The SMILES string of the molecule is Cc1nc(NC(Cc2ccccc2)C(=O)O)c2c(C)c(C)sc2n1. The highest BCUT2D eigenvalue weighted by molar-refractivity contribution is 7.18. The van der Waals surface area contributed by atoms with Gasteiger partial charge in [-0.2, -0.15) is 0 Å². The van der Waals surface area contributed by atoms with Crippen LogP contribution in [-0.2, 0) is 11.2 Å². The van der Waals surface area contributed by atoms with Crippen LogP contribution in [0.1, 0.15) is 21.8 Å². The summed E-state index contributed by atoms with van der Waals surface area (Å²) in [4.78, 5) is 22.7. The fourth-order valence-electron chi connectivity index (χ4n) is 2.68. The van der Waals surface area contributed by atoms with Crippen molar-refractivity contribution in [1.82, 2.24) is 9.97 Å². The van der Waals surface area contributed by atoms with Crippen LogP contribution in [0.25, 0.3) is 10.2 Å². The number of thiophene rings is 1. The zero-order valence-corrected chi connectivity index (χ0v) is 14.6. The van der Waals surface area contributed by atoms with Crippen molar-refractivity contribution in [2.75, 3.05) is 5.32 Å². The van der Waals surface area contributed by atoms with Gasteiger partial charge in [0, 0.05) is 11.3 Å². The van der Waals surface area contributed by atoms with Gasteiger partial charge in [0.1, 0.15) is 22.5 Å². The molecule has 0 aliphatic heterocycles. The lowest BCUT2D eigenvalue weighted by Crippen LogP contribution is -2.32. The second-order valence-corrected chi connectivity index (χ2v) is 7.01. The van der Waals surface area contributed by atoms with Crippen molar-refractivity contribution in [1.29, 1.82) is 0 Å². The summed E-state index contributed by atoms with van der Waals surface area (Å²) in [5.74, 6) is 0.339. The molecule has 1 atom stereocenters. The standard InChI is InChI=1S/C18H19N3O2S/c1-10-11(2)24-17-15(10)16(19-12(3)20-17)21-14(18(22)23)9-13-7-5-4-6-8-13/h4-8,14H,9H2,1-3H3,(H,22,23)(H,19,20,21). The Morgan fingerprint density at radius 2 is 1.92 bits per heavy atom. The predicted octanol–water partition coefficient (Wildman–Crippen LogP) is 3.72. The average molecular weight is 341 g/mol. The summed E-state index contributed by atoms with van der Waals surface area (Å²) < 4.78 is 0. The van der Waals surface area contributed by atoms with Crippen molar-refractivity contribution >= 4 is 33.3 Å². The van der Waals surface area contributed by atoms with E-state index in [1.807, 2.05) is 51.1 Å². The van der Waals surface area contributed by atoms with Crippen LogP contribution in [-0.4, -0.2) is 27.1 Å². The van der Waals surface area contributed by atoms with Gasteiger partial charge in [-0.05, 0) is 31.9 Å². The van der Waals surface area contributed by atoms with Gasteiger partial charge in [0.25, 0.3) is 0 Å². The Labute approximate surface area is 144 Å². The molecule has 0 saturated heterocycles. The minimum Gasteiger partial charge on any atom is -0.480 e. The number of aromatic nitrogens is 2.